The van der Waals surface area contributed by atoms with Crippen LogP contribution in [0.3, 0.4) is 0 Å². The Morgan fingerprint density at radius 2 is 2.00 bits per heavy atom. The number of rotatable bonds is 8. The summed E-state index contributed by atoms with van der Waals surface area (Å²) in [5.41, 5.74) is 0.703. The molecule has 0 saturated carbocycles. The number of nitrogens with one attached hydrogen (secondary N) is 1. The van der Waals surface area contributed by atoms with E-state index < -0.39 is 10.0 Å². The van der Waals surface area contributed by atoms with Crippen LogP contribution < -0.4 is 5.32 Å². The number of amides is 1. The highest BCUT2D eigenvalue weighted by molar-refractivity contribution is 7.98. The number of thioether (sulfide) groups is 1. The monoisotopic (exact) mass is 330 g/mol. The van der Waals surface area contributed by atoms with Gasteiger partial charge in [0.1, 0.15) is 0 Å². The molecule has 0 aliphatic rings. The summed E-state index contributed by atoms with van der Waals surface area (Å²) < 4.78 is 25.0. The Balaban J connectivity index is 2.65. The van der Waals surface area contributed by atoms with Crippen molar-refractivity contribution in [1.82, 2.24) is 4.31 Å². The van der Waals surface area contributed by atoms with E-state index in [9.17, 15) is 13.2 Å². The second kappa shape index (κ2) is 8.41. The lowest BCUT2D eigenvalue weighted by atomic mass is 10.3. The highest BCUT2D eigenvalue weighted by Crippen LogP contribution is 2.24. The first-order valence-electron chi connectivity index (χ1n) is 6.77. The van der Waals surface area contributed by atoms with E-state index in [0.717, 1.165) is 15.6 Å². The number of carbonyl (C=O) groups excluding carboxylic acids is 1. The summed E-state index contributed by atoms with van der Waals surface area (Å²) in [5, 5.41) is 2.75. The average Bonchev–Trinajstić information content (AvgIpc) is 2.45. The zero-order chi connectivity index (χ0) is 15.9. The minimum atomic E-state index is -3.36. The Bertz CT molecular complexity index is 573. The molecule has 5 nitrogen and oxygen atoms in total. The average molecular weight is 330 g/mol. The molecular formula is C14H22N2O3S2. The van der Waals surface area contributed by atoms with Gasteiger partial charge in [0.2, 0.25) is 15.9 Å². The largest absolute Gasteiger partial charge is 0.324 e. The quantitative estimate of drug-likeness (QED) is 0.743. The third kappa shape index (κ3) is 5.68. The molecule has 0 heterocycles. The van der Waals surface area contributed by atoms with Gasteiger partial charge >= 0.3 is 0 Å². The Labute approximate surface area is 131 Å². The SMILES string of the molecule is CCCCS(=O)(=O)N(C)CC(=O)Nc1ccccc1SC. The molecule has 0 aliphatic carbocycles. The highest BCUT2D eigenvalue weighted by atomic mass is 32.2. The van der Waals surface area contributed by atoms with Crippen LogP contribution >= 0.6 is 11.8 Å². The molecule has 1 aromatic rings. The summed E-state index contributed by atoms with van der Waals surface area (Å²) in [6, 6.07) is 7.43. The maximum Gasteiger partial charge on any atom is 0.239 e. The van der Waals surface area contributed by atoms with Gasteiger partial charge in [-0.05, 0) is 24.8 Å². The molecule has 0 unspecified atom stereocenters. The van der Waals surface area contributed by atoms with Gasteiger partial charge in [0.05, 0.1) is 18.0 Å². The predicted molar refractivity (Wildman–Crippen MR) is 88.2 cm³/mol. The normalized spacial score (nSPS) is 11.6. The minimum Gasteiger partial charge on any atom is -0.324 e. The van der Waals surface area contributed by atoms with Crippen molar-refractivity contribution >= 4 is 33.4 Å². The van der Waals surface area contributed by atoms with Crippen molar-refractivity contribution in [3.05, 3.63) is 24.3 Å². The number of sulfonamides is 1. The maximum absolute atomic E-state index is 12.0. The van der Waals surface area contributed by atoms with Crippen molar-refractivity contribution < 1.29 is 13.2 Å². The molecular weight excluding hydrogens is 308 g/mol. The zero-order valence-corrected chi connectivity index (χ0v) is 14.3. The van der Waals surface area contributed by atoms with Gasteiger partial charge in [-0.25, -0.2) is 8.42 Å². The molecule has 1 amide bonds. The third-order valence-corrected chi connectivity index (χ3v) is 5.66. The third-order valence-electron chi connectivity index (χ3n) is 2.98. The number of hydrogen-bond donors (Lipinski definition) is 1. The molecule has 1 aromatic carbocycles. The fourth-order valence-electron chi connectivity index (χ4n) is 1.72. The summed E-state index contributed by atoms with van der Waals surface area (Å²) in [7, 11) is -1.92. The van der Waals surface area contributed by atoms with Gasteiger partial charge in [-0.3, -0.25) is 4.79 Å². The number of para-hydroxylation sites is 1. The van der Waals surface area contributed by atoms with Crippen LogP contribution in [0.25, 0.3) is 0 Å². The van der Waals surface area contributed by atoms with Crippen molar-refractivity contribution in [2.45, 2.75) is 24.7 Å². The number of likely N-dealkylation sites (N-methyl/N-ethyl adjacent to an activating group) is 1. The van der Waals surface area contributed by atoms with E-state index in [1.54, 1.807) is 6.07 Å². The number of hydrogen-bond acceptors (Lipinski definition) is 4. The van der Waals surface area contributed by atoms with E-state index >= 15 is 0 Å². The van der Waals surface area contributed by atoms with Crippen molar-refractivity contribution in [2.75, 3.05) is 30.9 Å². The molecule has 7 heteroatoms. The van der Waals surface area contributed by atoms with E-state index in [1.165, 1.54) is 18.8 Å². The fourth-order valence-corrected chi connectivity index (χ4v) is 3.55. The number of carbonyl (C=O) groups is 1. The van der Waals surface area contributed by atoms with Gasteiger partial charge < -0.3 is 5.32 Å². The number of nitrogens with zero attached hydrogens (tertiary/aromatic N) is 1. The van der Waals surface area contributed by atoms with E-state index in [2.05, 4.69) is 5.32 Å². The van der Waals surface area contributed by atoms with Gasteiger partial charge in [0.25, 0.3) is 0 Å². The Hall–Kier alpha value is -1.05. The molecule has 1 N–H and O–H groups in total. The first-order valence-corrected chi connectivity index (χ1v) is 9.61. The fraction of sp³-hybridized carbons (Fsp3) is 0.500. The summed E-state index contributed by atoms with van der Waals surface area (Å²) in [5.74, 6) is -0.256. The smallest absolute Gasteiger partial charge is 0.239 e. The van der Waals surface area contributed by atoms with E-state index in [4.69, 9.17) is 0 Å². The molecule has 118 valence electrons. The lowest BCUT2D eigenvalue weighted by Crippen LogP contribution is -2.36. The second-order valence-corrected chi connectivity index (χ2v) is 7.72. The van der Waals surface area contributed by atoms with Gasteiger partial charge in [0, 0.05) is 11.9 Å². The van der Waals surface area contributed by atoms with Crippen molar-refractivity contribution in [3.8, 4) is 0 Å². The van der Waals surface area contributed by atoms with Crippen molar-refractivity contribution in [3.63, 3.8) is 0 Å². The Morgan fingerprint density at radius 3 is 2.62 bits per heavy atom. The molecule has 0 fully saturated rings. The summed E-state index contributed by atoms with van der Waals surface area (Å²) >= 11 is 1.53. The molecule has 21 heavy (non-hydrogen) atoms. The molecule has 0 aliphatic heterocycles. The Kier molecular flexibility index (Phi) is 7.21. The van der Waals surface area contributed by atoms with Crippen LogP contribution in [0.15, 0.2) is 29.2 Å². The topological polar surface area (TPSA) is 66.5 Å². The minimum absolute atomic E-state index is 0.0781. The lowest BCUT2D eigenvalue weighted by molar-refractivity contribution is -0.116. The molecule has 0 radical (unpaired) electrons. The zero-order valence-electron chi connectivity index (χ0n) is 12.6. The first kappa shape index (κ1) is 18.0. The van der Waals surface area contributed by atoms with Gasteiger partial charge in [-0.2, -0.15) is 4.31 Å². The highest BCUT2D eigenvalue weighted by Gasteiger charge is 2.20. The van der Waals surface area contributed by atoms with Crippen LogP contribution in [0.2, 0.25) is 0 Å². The predicted octanol–water partition coefficient (Wildman–Crippen LogP) is 2.41. The van der Waals surface area contributed by atoms with Gasteiger partial charge in [-0.1, -0.05) is 25.5 Å². The Morgan fingerprint density at radius 1 is 1.33 bits per heavy atom. The van der Waals surface area contributed by atoms with E-state index in [0.29, 0.717) is 12.1 Å². The number of anilines is 1. The summed E-state index contributed by atoms with van der Waals surface area (Å²) in [6.45, 7) is 1.76. The molecule has 0 spiro atoms. The standard InChI is InChI=1S/C14H22N2O3S2/c1-4-5-10-21(18,19)16(2)11-14(17)15-12-8-6-7-9-13(12)20-3/h6-9H,4-5,10-11H2,1-3H3,(H,15,17). The maximum atomic E-state index is 12.0. The van der Waals surface area contributed by atoms with E-state index in [-0.39, 0.29) is 18.2 Å². The van der Waals surface area contributed by atoms with Crippen LogP contribution in [-0.2, 0) is 14.8 Å². The van der Waals surface area contributed by atoms with Crippen LogP contribution in [0.4, 0.5) is 5.69 Å². The first-order chi connectivity index (χ1) is 9.90. The number of unbranched alkanes of at least 4 members (excludes halogenated alkanes) is 1. The van der Waals surface area contributed by atoms with Gasteiger partial charge in [-0.15, -0.1) is 11.8 Å². The van der Waals surface area contributed by atoms with Crippen molar-refractivity contribution in [2.24, 2.45) is 0 Å². The van der Waals surface area contributed by atoms with Crippen molar-refractivity contribution in [1.29, 1.82) is 0 Å². The summed E-state index contributed by atoms with van der Waals surface area (Å²) in [6.07, 6.45) is 3.33. The molecule has 0 bridgehead atoms. The molecule has 0 atom stereocenters. The number of benzene rings is 1. The molecule has 0 aromatic heterocycles. The van der Waals surface area contributed by atoms with Gasteiger partial charge in [0.15, 0.2) is 0 Å². The van der Waals surface area contributed by atoms with E-state index in [1.807, 2.05) is 31.4 Å². The summed E-state index contributed by atoms with van der Waals surface area (Å²) in [4.78, 5) is 12.9. The van der Waals surface area contributed by atoms with Crippen LogP contribution in [0.5, 0.6) is 0 Å². The molecule has 1 rings (SSSR count). The van der Waals surface area contributed by atoms with Crippen LogP contribution in [0, 0.1) is 0 Å². The lowest BCUT2D eigenvalue weighted by Gasteiger charge is -2.17. The van der Waals surface area contributed by atoms with Crippen LogP contribution in [-0.4, -0.2) is 44.2 Å². The second-order valence-electron chi connectivity index (χ2n) is 4.67. The molecule has 0 saturated heterocycles. The van der Waals surface area contributed by atoms with Crippen LogP contribution in [0.1, 0.15) is 19.8 Å².